The molecule has 1 aliphatic rings. The van der Waals surface area contributed by atoms with Crippen LogP contribution in [-0.2, 0) is 20.5 Å². The van der Waals surface area contributed by atoms with E-state index in [0.717, 1.165) is 19.3 Å². The minimum absolute atomic E-state index is 0.112. The van der Waals surface area contributed by atoms with Crippen LogP contribution in [0, 0.1) is 5.82 Å². The van der Waals surface area contributed by atoms with Gasteiger partial charge in [-0.15, -0.1) is 0 Å². The Bertz CT molecular complexity index is 603. The highest BCUT2D eigenvalue weighted by atomic mass is 19.1. The highest BCUT2D eigenvalue weighted by molar-refractivity contribution is 6.62. The third kappa shape index (κ3) is 4.82. The molecule has 0 spiro atoms. The van der Waals surface area contributed by atoms with E-state index in [1.165, 1.54) is 12.1 Å². The van der Waals surface area contributed by atoms with Gasteiger partial charge in [0.2, 0.25) is 5.91 Å². The fraction of sp³-hybridized carbons (Fsp3) is 0.632. The topological polar surface area (TPSA) is 47.6 Å². The monoisotopic (exact) mass is 349 g/mol. The van der Waals surface area contributed by atoms with Gasteiger partial charge in [-0.2, -0.15) is 0 Å². The number of hydrogen-bond acceptors (Lipinski definition) is 3. The SMILES string of the molecule is CCCCCNC(=O)Cc1cc(F)ccc1B1OC(C)(C)C(C)(C)O1. The molecule has 0 radical (unpaired) electrons. The highest BCUT2D eigenvalue weighted by Crippen LogP contribution is 2.36. The number of rotatable bonds is 7. The minimum Gasteiger partial charge on any atom is -0.399 e. The van der Waals surface area contributed by atoms with E-state index < -0.39 is 18.3 Å². The number of carbonyl (C=O) groups excluding carboxylic acids is 1. The molecule has 1 heterocycles. The summed E-state index contributed by atoms with van der Waals surface area (Å²) >= 11 is 0. The van der Waals surface area contributed by atoms with Crippen LogP contribution in [0.2, 0.25) is 0 Å². The maximum atomic E-state index is 13.7. The first-order valence-corrected chi connectivity index (χ1v) is 9.07. The molecule has 1 N–H and O–H groups in total. The second-order valence-electron chi connectivity index (χ2n) is 7.67. The van der Waals surface area contributed by atoms with E-state index in [4.69, 9.17) is 9.31 Å². The van der Waals surface area contributed by atoms with Crippen molar-refractivity contribution in [3.63, 3.8) is 0 Å². The Hall–Kier alpha value is -1.40. The zero-order valence-electron chi connectivity index (χ0n) is 15.9. The smallest absolute Gasteiger partial charge is 0.399 e. The summed E-state index contributed by atoms with van der Waals surface area (Å²) in [5, 5.41) is 2.89. The minimum atomic E-state index is -0.603. The summed E-state index contributed by atoms with van der Waals surface area (Å²) in [6.45, 7) is 10.6. The van der Waals surface area contributed by atoms with Crippen LogP contribution in [0.1, 0.15) is 59.4 Å². The third-order valence-corrected chi connectivity index (χ3v) is 5.07. The molecular weight excluding hydrogens is 320 g/mol. The van der Waals surface area contributed by atoms with E-state index in [-0.39, 0.29) is 18.1 Å². The lowest BCUT2D eigenvalue weighted by molar-refractivity contribution is -0.120. The van der Waals surface area contributed by atoms with Crippen molar-refractivity contribution in [2.75, 3.05) is 6.54 Å². The Morgan fingerprint density at radius 1 is 1.16 bits per heavy atom. The van der Waals surface area contributed by atoms with Crippen LogP contribution < -0.4 is 10.8 Å². The Kier molecular flexibility index (Phi) is 6.28. The fourth-order valence-corrected chi connectivity index (χ4v) is 2.77. The van der Waals surface area contributed by atoms with E-state index in [1.807, 2.05) is 27.7 Å². The van der Waals surface area contributed by atoms with Crippen LogP contribution in [0.3, 0.4) is 0 Å². The van der Waals surface area contributed by atoms with Crippen molar-refractivity contribution in [3.05, 3.63) is 29.6 Å². The van der Waals surface area contributed by atoms with Crippen LogP contribution in [0.15, 0.2) is 18.2 Å². The van der Waals surface area contributed by atoms with Crippen LogP contribution in [-0.4, -0.2) is 30.8 Å². The largest absolute Gasteiger partial charge is 0.495 e. The molecule has 1 aromatic rings. The van der Waals surface area contributed by atoms with Gasteiger partial charge >= 0.3 is 7.12 Å². The molecule has 0 aliphatic carbocycles. The van der Waals surface area contributed by atoms with Crippen molar-refractivity contribution in [1.29, 1.82) is 0 Å². The number of unbranched alkanes of at least 4 members (excludes halogenated alkanes) is 2. The number of benzene rings is 1. The summed E-state index contributed by atoms with van der Waals surface area (Å²) in [6.07, 6.45) is 3.25. The Labute approximate surface area is 150 Å². The van der Waals surface area contributed by atoms with Gasteiger partial charge in [0.05, 0.1) is 17.6 Å². The molecule has 1 amide bonds. The van der Waals surface area contributed by atoms with Crippen molar-refractivity contribution < 1.29 is 18.5 Å². The first kappa shape index (κ1) is 19.9. The van der Waals surface area contributed by atoms with Crippen molar-refractivity contribution in [3.8, 4) is 0 Å². The molecular formula is C19H29BFNO3. The van der Waals surface area contributed by atoms with Gasteiger partial charge in [-0.25, -0.2) is 4.39 Å². The lowest BCUT2D eigenvalue weighted by Crippen LogP contribution is -2.41. The number of halogens is 1. The molecule has 0 unspecified atom stereocenters. The molecule has 1 aromatic carbocycles. The Morgan fingerprint density at radius 2 is 1.80 bits per heavy atom. The summed E-state index contributed by atoms with van der Waals surface area (Å²) in [5.41, 5.74) is 0.354. The van der Waals surface area contributed by atoms with Gasteiger partial charge in [-0.1, -0.05) is 25.8 Å². The zero-order chi connectivity index (χ0) is 18.7. The van der Waals surface area contributed by atoms with Crippen LogP contribution in [0.4, 0.5) is 4.39 Å². The molecule has 0 bridgehead atoms. The molecule has 1 aliphatic heterocycles. The van der Waals surface area contributed by atoms with E-state index in [2.05, 4.69) is 12.2 Å². The van der Waals surface area contributed by atoms with Crippen LogP contribution in [0.5, 0.6) is 0 Å². The normalized spacial score (nSPS) is 18.4. The van der Waals surface area contributed by atoms with E-state index >= 15 is 0 Å². The lowest BCUT2D eigenvalue weighted by atomic mass is 9.75. The van der Waals surface area contributed by atoms with E-state index in [9.17, 15) is 9.18 Å². The number of amides is 1. The molecule has 4 nitrogen and oxygen atoms in total. The lowest BCUT2D eigenvalue weighted by Gasteiger charge is -2.32. The molecule has 2 rings (SSSR count). The zero-order valence-corrected chi connectivity index (χ0v) is 15.9. The second kappa shape index (κ2) is 7.87. The molecule has 0 saturated carbocycles. The molecule has 25 heavy (non-hydrogen) atoms. The van der Waals surface area contributed by atoms with Crippen molar-refractivity contribution in [2.45, 2.75) is 71.5 Å². The summed E-state index contributed by atoms with van der Waals surface area (Å²) in [6, 6.07) is 4.42. The molecule has 0 atom stereocenters. The van der Waals surface area contributed by atoms with Crippen LogP contribution in [0.25, 0.3) is 0 Å². The summed E-state index contributed by atoms with van der Waals surface area (Å²) in [5.74, 6) is -0.478. The second-order valence-corrected chi connectivity index (χ2v) is 7.67. The van der Waals surface area contributed by atoms with Gasteiger partial charge in [0.1, 0.15) is 5.82 Å². The quantitative estimate of drug-likeness (QED) is 0.608. The van der Waals surface area contributed by atoms with Crippen molar-refractivity contribution >= 4 is 18.5 Å². The van der Waals surface area contributed by atoms with Gasteiger partial charge in [-0.3, -0.25) is 4.79 Å². The standard InChI is InChI=1S/C19H29BFNO3/c1-6-7-8-11-22-17(23)13-14-12-15(21)9-10-16(14)20-24-18(2,3)19(4,5)25-20/h9-10,12H,6-8,11,13H2,1-5H3,(H,22,23). The van der Waals surface area contributed by atoms with Crippen molar-refractivity contribution in [2.24, 2.45) is 0 Å². The number of carbonyl (C=O) groups is 1. The molecule has 138 valence electrons. The summed E-state index contributed by atoms with van der Waals surface area (Å²) < 4.78 is 25.8. The first-order valence-electron chi connectivity index (χ1n) is 9.07. The fourth-order valence-electron chi connectivity index (χ4n) is 2.77. The van der Waals surface area contributed by atoms with Gasteiger partial charge in [0.15, 0.2) is 0 Å². The maximum absolute atomic E-state index is 13.7. The predicted molar refractivity (Wildman–Crippen MR) is 98.4 cm³/mol. The van der Waals surface area contributed by atoms with Gasteiger partial charge in [0, 0.05) is 6.54 Å². The average Bonchev–Trinajstić information content (AvgIpc) is 2.72. The predicted octanol–water partition coefficient (Wildman–Crippen LogP) is 2.97. The first-order chi connectivity index (χ1) is 11.7. The van der Waals surface area contributed by atoms with Crippen molar-refractivity contribution in [1.82, 2.24) is 5.32 Å². The average molecular weight is 349 g/mol. The third-order valence-electron chi connectivity index (χ3n) is 5.07. The Morgan fingerprint density at radius 3 is 2.40 bits per heavy atom. The highest BCUT2D eigenvalue weighted by Gasteiger charge is 2.52. The van der Waals surface area contributed by atoms with E-state index in [0.29, 0.717) is 17.6 Å². The molecule has 6 heteroatoms. The maximum Gasteiger partial charge on any atom is 0.495 e. The molecule has 1 saturated heterocycles. The molecule has 1 fully saturated rings. The Balaban J connectivity index is 2.12. The summed E-state index contributed by atoms with van der Waals surface area (Å²) in [4.78, 5) is 12.2. The summed E-state index contributed by atoms with van der Waals surface area (Å²) in [7, 11) is -0.603. The number of hydrogen-bond donors (Lipinski definition) is 1. The van der Waals surface area contributed by atoms with E-state index in [1.54, 1.807) is 6.07 Å². The number of nitrogens with one attached hydrogen (secondary N) is 1. The van der Waals surface area contributed by atoms with Crippen LogP contribution >= 0.6 is 0 Å². The van der Waals surface area contributed by atoms with Gasteiger partial charge in [-0.05, 0) is 57.3 Å². The van der Waals surface area contributed by atoms with Gasteiger partial charge in [0.25, 0.3) is 0 Å². The molecule has 0 aromatic heterocycles. The van der Waals surface area contributed by atoms with Gasteiger partial charge < -0.3 is 14.6 Å².